The summed E-state index contributed by atoms with van der Waals surface area (Å²) < 4.78 is 5.82. The summed E-state index contributed by atoms with van der Waals surface area (Å²) in [4.78, 5) is 6.93. The number of aromatic nitrogens is 1. The topological polar surface area (TPSA) is 37.4 Å². The van der Waals surface area contributed by atoms with Crippen molar-refractivity contribution < 1.29 is 4.74 Å². The Bertz CT molecular complexity index is 422. The molecule has 0 unspecified atom stereocenters. The van der Waals surface area contributed by atoms with E-state index in [4.69, 9.17) is 4.74 Å². The Hall–Kier alpha value is -1.13. The van der Waals surface area contributed by atoms with Crippen molar-refractivity contribution in [1.82, 2.24) is 15.2 Å². The largest absolute Gasteiger partial charge is 0.478 e. The number of ether oxygens (including phenoxy) is 1. The Morgan fingerprint density at radius 3 is 2.68 bits per heavy atom. The third-order valence-electron chi connectivity index (χ3n) is 4.91. The second kappa shape index (κ2) is 8.49. The molecule has 1 aromatic heterocycles. The molecular formula is C18H29N3O. The second-order valence-electron chi connectivity index (χ2n) is 6.67. The number of piperazine rings is 1. The average Bonchev–Trinajstić information content (AvgIpc) is 2.58. The van der Waals surface area contributed by atoms with Crippen LogP contribution in [0.25, 0.3) is 0 Å². The highest BCUT2D eigenvalue weighted by Crippen LogP contribution is 2.26. The van der Waals surface area contributed by atoms with Crippen LogP contribution in [0, 0.1) is 5.92 Å². The third kappa shape index (κ3) is 4.96. The van der Waals surface area contributed by atoms with Gasteiger partial charge in [0.1, 0.15) is 0 Å². The van der Waals surface area contributed by atoms with Crippen molar-refractivity contribution >= 4 is 0 Å². The number of nitrogens with one attached hydrogen (secondary N) is 1. The molecule has 0 radical (unpaired) electrons. The van der Waals surface area contributed by atoms with Crippen LogP contribution in [0.1, 0.15) is 44.1 Å². The van der Waals surface area contributed by atoms with Gasteiger partial charge in [-0.3, -0.25) is 4.90 Å². The maximum Gasteiger partial charge on any atom is 0.213 e. The summed E-state index contributed by atoms with van der Waals surface area (Å²) in [6, 6.07) is 4.18. The van der Waals surface area contributed by atoms with E-state index in [1.54, 1.807) is 0 Å². The van der Waals surface area contributed by atoms with Crippen molar-refractivity contribution in [3.63, 3.8) is 0 Å². The van der Waals surface area contributed by atoms with E-state index in [0.717, 1.165) is 51.1 Å². The Kier molecular flexibility index (Phi) is 6.08. The number of nitrogens with zero attached hydrogens (tertiary/aromatic N) is 2. The maximum atomic E-state index is 5.82. The summed E-state index contributed by atoms with van der Waals surface area (Å²) in [5.41, 5.74) is 1.28. The fourth-order valence-electron chi connectivity index (χ4n) is 3.52. The standard InChI is InChI=1S/C18H29N3O/c1-2-4-16(5-3-1)8-13-22-18-7-6-17(14-20-18)15-21-11-9-19-10-12-21/h6-7,14,16,19H,1-5,8-13,15H2. The van der Waals surface area contributed by atoms with Crippen molar-refractivity contribution in [3.05, 3.63) is 23.9 Å². The number of pyridine rings is 1. The molecule has 22 heavy (non-hydrogen) atoms. The van der Waals surface area contributed by atoms with E-state index >= 15 is 0 Å². The quantitative estimate of drug-likeness (QED) is 0.877. The highest BCUT2D eigenvalue weighted by molar-refractivity contribution is 5.17. The number of hydrogen-bond acceptors (Lipinski definition) is 4. The molecule has 1 aromatic rings. The average molecular weight is 303 g/mol. The second-order valence-corrected chi connectivity index (χ2v) is 6.67. The molecule has 0 bridgehead atoms. The summed E-state index contributed by atoms with van der Waals surface area (Å²) in [7, 11) is 0. The fraction of sp³-hybridized carbons (Fsp3) is 0.722. The molecule has 1 saturated heterocycles. The molecule has 2 heterocycles. The molecule has 2 aliphatic rings. The van der Waals surface area contributed by atoms with Crippen LogP contribution in [0.4, 0.5) is 0 Å². The van der Waals surface area contributed by atoms with E-state index in [2.05, 4.69) is 21.3 Å². The van der Waals surface area contributed by atoms with Crippen LogP contribution < -0.4 is 10.1 Å². The molecule has 1 N–H and O–H groups in total. The summed E-state index contributed by atoms with van der Waals surface area (Å²) in [6.45, 7) is 6.25. The lowest BCUT2D eigenvalue weighted by atomic mass is 9.87. The Morgan fingerprint density at radius 2 is 1.95 bits per heavy atom. The number of hydrogen-bond donors (Lipinski definition) is 1. The fourth-order valence-corrected chi connectivity index (χ4v) is 3.52. The van der Waals surface area contributed by atoms with E-state index in [-0.39, 0.29) is 0 Å². The predicted molar refractivity (Wildman–Crippen MR) is 89.1 cm³/mol. The van der Waals surface area contributed by atoms with Crippen molar-refractivity contribution in [2.75, 3.05) is 32.8 Å². The van der Waals surface area contributed by atoms with Crippen LogP contribution in [0.2, 0.25) is 0 Å². The van der Waals surface area contributed by atoms with Gasteiger partial charge in [0.2, 0.25) is 5.88 Å². The molecule has 0 atom stereocenters. The van der Waals surface area contributed by atoms with Crippen molar-refractivity contribution in [3.8, 4) is 5.88 Å². The lowest BCUT2D eigenvalue weighted by Crippen LogP contribution is -2.42. The Labute approximate surface area is 134 Å². The molecule has 1 aliphatic carbocycles. The maximum absolute atomic E-state index is 5.82. The predicted octanol–water partition coefficient (Wildman–Crippen LogP) is 2.84. The van der Waals surface area contributed by atoms with E-state index in [1.807, 2.05) is 12.3 Å². The van der Waals surface area contributed by atoms with Crippen molar-refractivity contribution in [2.45, 2.75) is 45.1 Å². The van der Waals surface area contributed by atoms with Crippen LogP contribution >= 0.6 is 0 Å². The minimum atomic E-state index is 0.778. The van der Waals surface area contributed by atoms with Gasteiger partial charge in [0, 0.05) is 45.0 Å². The third-order valence-corrected chi connectivity index (χ3v) is 4.91. The molecule has 2 fully saturated rings. The van der Waals surface area contributed by atoms with Gasteiger partial charge in [-0.15, -0.1) is 0 Å². The molecule has 0 amide bonds. The SMILES string of the molecule is c1cc(OCCC2CCCCC2)ncc1CN1CCNCC1. The lowest BCUT2D eigenvalue weighted by molar-refractivity contribution is 0.231. The minimum Gasteiger partial charge on any atom is -0.478 e. The monoisotopic (exact) mass is 303 g/mol. The summed E-state index contributed by atoms with van der Waals surface area (Å²) in [5.74, 6) is 1.65. The summed E-state index contributed by atoms with van der Waals surface area (Å²) >= 11 is 0. The van der Waals surface area contributed by atoms with Gasteiger partial charge in [-0.25, -0.2) is 4.98 Å². The van der Waals surface area contributed by atoms with Gasteiger partial charge < -0.3 is 10.1 Å². The molecule has 0 spiro atoms. The smallest absolute Gasteiger partial charge is 0.213 e. The van der Waals surface area contributed by atoms with E-state index in [1.165, 1.54) is 44.1 Å². The van der Waals surface area contributed by atoms with E-state index in [9.17, 15) is 0 Å². The summed E-state index contributed by atoms with van der Waals surface area (Å²) in [5, 5.41) is 3.38. The van der Waals surface area contributed by atoms with E-state index in [0.29, 0.717) is 0 Å². The molecule has 1 aliphatic heterocycles. The first-order chi connectivity index (χ1) is 10.9. The van der Waals surface area contributed by atoms with Gasteiger partial charge in [-0.1, -0.05) is 38.2 Å². The molecular weight excluding hydrogens is 274 g/mol. The first kappa shape index (κ1) is 15.8. The van der Waals surface area contributed by atoms with E-state index < -0.39 is 0 Å². The lowest BCUT2D eigenvalue weighted by Gasteiger charge is -2.27. The van der Waals surface area contributed by atoms with Crippen molar-refractivity contribution in [1.29, 1.82) is 0 Å². The van der Waals surface area contributed by atoms with Gasteiger partial charge in [0.25, 0.3) is 0 Å². The van der Waals surface area contributed by atoms with Crippen LogP contribution in [0.15, 0.2) is 18.3 Å². The Morgan fingerprint density at radius 1 is 1.14 bits per heavy atom. The minimum absolute atomic E-state index is 0.778. The van der Waals surface area contributed by atoms with Gasteiger partial charge in [-0.2, -0.15) is 0 Å². The highest BCUT2D eigenvalue weighted by atomic mass is 16.5. The van der Waals surface area contributed by atoms with Gasteiger partial charge in [0.05, 0.1) is 6.61 Å². The highest BCUT2D eigenvalue weighted by Gasteiger charge is 2.13. The zero-order valence-electron chi connectivity index (χ0n) is 13.6. The molecule has 0 aromatic carbocycles. The van der Waals surface area contributed by atoms with Crippen LogP contribution in [-0.2, 0) is 6.54 Å². The molecule has 122 valence electrons. The first-order valence-electron chi connectivity index (χ1n) is 8.91. The number of rotatable bonds is 6. The zero-order valence-corrected chi connectivity index (χ0v) is 13.6. The molecule has 3 rings (SSSR count). The van der Waals surface area contributed by atoms with Gasteiger partial charge in [-0.05, 0) is 17.9 Å². The molecule has 4 nitrogen and oxygen atoms in total. The Balaban J connectivity index is 1.39. The van der Waals surface area contributed by atoms with Gasteiger partial charge >= 0.3 is 0 Å². The van der Waals surface area contributed by atoms with Crippen LogP contribution in [0.3, 0.4) is 0 Å². The normalized spacial score (nSPS) is 20.9. The molecule has 4 heteroatoms. The summed E-state index contributed by atoms with van der Waals surface area (Å²) in [6.07, 6.45) is 10.2. The molecule has 1 saturated carbocycles. The zero-order chi connectivity index (χ0) is 15.0. The van der Waals surface area contributed by atoms with Crippen LogP contribution in [0.5, 0.6) is 5.88 Å². The van der Waals surface area contributed by atoms with Gasteiger partial charge in [0.15, 0.2) is 0 Å². The van der Waals surface area contributed by atoms with Crippen LogP contribution in [-0.4, -0.2) is 42.7 Å². The van der Waals surface area contributed by atoms with Crippen molar-refractivity contribution in [2.24, 2.45) is 5.92 Å². The first-order valence-corrected chi connectivity index (χ1v) is 8.91.